The van der Waals surface area contributed by atoms with Crippen molar-refractivity contribution in [2.75, 3.05) is 13.1 Å². The number of halogens is 1. The molecule has 0 amide bonds. The van der Waals surface area contributed by atoms with Crippen molar-refractivity contribution in [3.8, 4) is 0 Å². The van der Waals surface area contributed by atoms with E-state index in [4.69, 9.17) is 15.9 Å². The monoisotopic (exact) mass is 265 g/mol. The summed E-state index contributed by atoms with van der Waals surface area (Å²) in [5.41, 5.74) is 6.12. The molecule has 0 saturated carbocycles. The van der Waals surface area contributed by atoms with Crippen molar-refractivity contribution in [3.63, 3.8) is 0 Å². The first-order valence-electron chi connectivity index (χ1n) is 6.47. The molecule has 1 fully saturated rings. The highest BCUT2D eigenvalue weighted by Crippen LogP contribution is 2.18. The van der Waals surface area contributed by atoms with Gasteiger partial charge in [-0.1, -0.05) is 12.1 Å². The molecule has 1 aromatic rings. The topological polar surface area (TPSA) is 62.3 Å². The number of hydrogen-bond donors (Lipinski definition) is 2. The summed E-state index contributed by atoms with van der Waals surface area (Å²) in [6, 6.07) is 5.01. The molecule has 104 valence electrons. The molecule has 2 atom stereocenters. The molecule has 1 heterocycles. The number of nitrogens with two attached hydrogens (primary N) is 1. The number of nitrogen functional groups attached to an aromatic ring is 1. The highest BCUT2D eigenvalue weighted by Gasteiger charge is 2.23. The second kappa shape index (κ2) is 5.67. The van der Waals surface area contributed by atoms with Gasteiger partial charge in [0.25, 0.3) is 0 Å². The predicted molar refractivity (Wildman–Crippen MR) is 72.7 cm³/mol. The maximum Gasteiger partial charge on any atom is 0.138 e. The summed E-state index contributed by atoms with van der Waals surface area (Å²) in [7, 11) is 0. The molecule has 4 nitrogen and oxygen atoms in total. The molecule has 1 aliphatic heterocycles. The van der Waals surface area contributed by atoms with Crippen LogP contribution in [0.4, 0.5) is 4.39 Å². The number of morpholine rings is 1. The van der Waals surface area contributed by atoms with Crippen molar-refractivity contribution in [2.24, 2.45) is 5.73 Å². The Hall–Kier alpha value is -1.46. The van der Waals surface area contributed by atoms with E-state index in [0.717, 1.165) is 13.1 Å². The van der Waals surface area contributed by atoms with Gasteiger partial charge < -0.3 is 10.5 Å². The fourth-order valence-electron chi connectivity index (χ4n) is 2.56. The molecule has 0 aromatic heterocycles. The molecule has 0 bridgehead atoms. The Morgan fingerprint density at radius 1 is 1.42 bits per heavy atom. The van der Waals surface area contributed by atoms with Crippen LogP contribution in [0.2, 0.25) is 0 Å². The Morgan fingerprint density at radius 3 is 2.63 bits per heavy atom. The van der Waals surface area contributed by atoms with E-state index in [1.54, 1.807) is 12.1 Å². The average molecular weight is 265 g/mol. The van der Waals surface area contributed by atoms with Gasteiger partial charge in [-0.2, -0.15) is 0 Å². The van der Waals surface area contributed by atoms with Crippen LogP contribution in [-0.2, 0) is 11.3 Å². The summed E-state index contributed by atoms with van der Waals surface area (Å²) in [6.07, 6.45) is 0.311. The Morgan fingerprint density at radius 2 is 2.05 bits per heavy atom. The quantitative estimate of drug-likeness (QED) is 0.646. The fourth-order valence-corrected chi connectivity index (χ4v) is 2.56. The maximum atomic E-state index is 14.2. The van der Waals surface area contributed by atoms with E-state index >= 15 is 0 Å². The van der Waals surface area contributed by atoms with E-state index in [2.05, 4.69) is 4.90 Å². The number of hydrogen-bond acceptors (Lipinski definition) is 3. The maximum absolute atomic E-state index is 14.2. The molecular formula is C14H20FN3O. The number of ether oxygens (including phenoxy) is 1. The SMILES string of the molecule is C[C@@H]1CN(Cc2cccc(C(=N)N)c2F)C[C@H](C)O1. The first-order valence-corrected chi connectivity index (χ1v) is 6.47. The van der Waals surface area contributed by atoms with Crippen LogP contribution in [0.25, 0.3) is 0 Å². The van der Waals surface area contributed by atoms with Crippen LogP contribution in [-0.4, -0.2) is 36.0 Å². The second-order valence-corrected chi connectivity index (χ2v) is 5.14. The molecule has 5 heteroatoms. The van der Waals surface area contributed by atoms with Gasteiger partial charge in [0.15, 0.2) is 0 Å². The normalized spacial score (nSPS) is 24.4. The van der Waals surface area contributed by atoms with Gasteiger partial charge in [-0.25, -0.2) is 4.39 Å². The van der Waals surface area contributed by atoms with Crippen LogP contribution in [0.5, 0.6) is 0 Å². The summed E-state index contributed by atoms with van der Waals surface area (Å²) < 4.78 is 19.9. The van der Waals surface area contributed by atoms with Gasteiger partial charge in [0.05, 0.1) is 17.8 Å². The van der Waals surface area contributed by atoms with Gasteiger partial charge in [0.2, 0.25) is 0 Å². The number of rotatable bonds is 3. The lowest BCUT2D eigenvalue weighted by Crippen LogP contribution is -2.45. The summed E-state index contributed by atoms with van der Waals surface area (Å²) in [5, 5.41) is 7.36. The highest BCUT2D eigenvalue weighted by atomic mass is 19.1. The van der Waals surface area contributed by atoms with E-state index in [-0.39, 0.29) is 29.4 Å². The van der Waals surface area contributed by atoms with Crippen LogP contribution in [0.1, 0.15) is 25.0 Å². The molecule has 0 aliphatic carbocycles. The lowest BCUT2D eigenvalue weighted by molar-refractivity contribution is -0.0707. The zero-order valence-corrected chi connectivity index (χ0v) is 11.3. The number of amidine groups is 1. The molecule has 0 radical (unpaired) electrons. The predicted octanol–water partition coefficient (Wildman–Crippen LogP) is 1.72. The molecule has 3 N–H and O–H groups in total. The minimum Gasteiger partial charge on any atom is -0.384 e. The van der Waals surface area contributed by atoms with Crippen molar-refractivity contribution in [3.05, 3.63) is 35.1 Å². The molecular weight excluding hydrogens is 245 g/mol. The fraction of sp³-hybridized carbons (Fsp3) is 0.500. The van der Waals surface area contributed by atoms with E-state index in [0.29, 0.717) is 12.1 Å². The van der Waals surface area contributed by atoms with E-state index in [9.17, 15) is 4.39 Å². The van der Waals surface area contributed by atoms with E-state index in [1.807, 2.05) is 13.8 Å². The third-order valence-electron chi connectivity index (χ3n) is 3.26. The lowest BCUT2D eigenvalue weighted by atomic mass is 10.1. The van der Waals surface area contributed by atoms with Crippen LogP contribution in [0.15, 0.2) is 18.2 Å². The van der Waals surface area contributed by atoms with Gasteiger partial charge in [-0.05, 0) is 19.9 Å². The van der Waals surface area contributed by atoms with Crippen LogP contribution >= 0.6 is 0 Å². The van der Waals surface area contributed by atoms with Gasteiger partial charge in [-0.3, -0.25) is 10.3 Å². The third kappa shape index (κ3) is 3.30. The van der Waals surface area contributed by atoms with Crippen LogP contribution in [0, 0.1) is 11.2 Å². The molecule has 1 aliphatic rings. The summed E-state index contributed by atoms with van der Waals surface area (Å²) in [6.45, 7) is 6.13. The van der Waals surface area contributed by atoms with Crippen LogP contribution < -0.4 is 5.73 Å². The number of benzene rings is 1. The third-order valence-corrected chi connectivity index (χ3v) is 3.26. The van der Waals surface area contributed by atoms with Crippen molar-refractivity contribution in [1.29, 1.82) is 5.41 Å². The van der Waals surface area contributed by atoms with Gasteiger partial charge in [0.1, 0.15) is 11.7 Å². The molecule has 1 aromatic carbocycles. The molecule has 0 spiro atoms. The lowest BCUT2D eigenvalue weighted by Gasteiger charge is -2.35. The van der Waals surface area contributed by atoms with Gasteiger partial charge in [-0.15, -0.1) is 0 Å². The minimum atomic E-state index is -0.387. The van der Waals surface area contributed by atoms with Crippen molar-refractivity contribution >= 4 is 5.84 Å². The summed E-state index contributed by atoms with van der Waals surface area (Å²) in [4.78, 5) is 2.17. The minimum absolute atomic E-state index is 0.155. The molecule has 2 rings (SSSR count). The zero-order chi connectivity index (χ0) is 14.0. The molecule has 0 unspecified atom stereocenters. The number of nitrogens with one attached hydrogen (secondary N) is 1. The van der Waals surface area contributed by atoms with Crippen LogP contribution in [0.3, 0.4) is 0 Å². The van der Waals surface area contributed by atoms with Crippen molar-refractivity contribution in [2.45, 2.75) is 32.6 Å². The molecule has 19 heavy (non-hydrogen) atoms. The zero-order valence-electron chi connectivity index (χ0n) is 11.3. The number of nitrogens with zero attached hydrogens (tertiary/aromatic N) is 1. The van der Waals surface area contributed by atoms with E-state index < -0.39 is 0 Å². The standard InChI is InChI=1S/C14H20FN3O/c1-9-6-18(7-10(2)19-9)8-11-4-3-5-12(13(11)15)14(16)17/h3-5,9-10H,6-8H2,1-2H3,(H3,16,17)/t9-,10+. The Balaban J connectivity index is 2.15. The second-order valence-electron chi connectivity index (χ2n) is 5.14. The Kier molecular flexibility index (Phi) is 4.17. The van der Waals surface area contributed by atoms with Gasteiger partial charge >= 0.3 is 0 Å². The smallest absolute Gasteiger partial charge is 0.138 e. The first kappa shape index (κ1) is 14.0. The summed E-state index contributed by atoms with van der Waals surface area (Å²) >= 11 is 0. The largest absolute Gasteiger partial charge is 0.384 e. The Labute approximate surface area is 112 Å². The Bertz CT molecular complexity index is 468. The van der Waals surface area contributed by atoms with Crippen molar-refractivity contribution < 1.29 is 9.13 Å². The first-order chi connectivity index (χ1) is 8.97. The van der Waals surface area contributed by atoms with E-state index in [1.165, 1.54) is 6.07 Å². The molecule has 1 saturated heterocycles. The summed E-state index contributed by atoms with van der Waals surface area (Å²) in [5.74, 6) is -0.620. The highest BCUT2D eigenvalue weighted by molar-refractivity contribution is 5.95. The average Bonchev–Trinajstić information content (AvgIpc) is 2.30. The van der Waals surface area contributed by atoms with Crippen molar-refractivity contribution in [1.82, 2.24) is 4.90 Å². The van der Waals surface area contributed by atoms with Gasteiger partial charge in [0, 0.05) is 25.2 Å².